The van der Waals surface area contributed by atoms with Gasteiger partial charge < -0.3 is 14.8 Å². The van der Waals surface area contributed by atoms with Gasteiger partial charge in [0, 0.05) is 45.2 Å². The van der Waals surface area contributed by atoms with Crippen molar-refractivity contribution < 1.29 is 4.79 Å². The lowest BCUT2D eigenvalue weighted by atomic mass is 9.96. The highest BCUT2D eigenvalue weighted by Crippen LogP contribution is 2.28. The fourth-order valence-corrected chi connectivity index (χ4v) is 4.35. The van der Waals surface area contributed by atoms with Gasteiger partial charge in [-0.05, 0) is 37.9 Å². The molecule has 27 heavy (non-hydrogen) atoms. The quantitative estimate of drug-likeness (QED) is 0.898. The van der Waals surface area contributed by atoms with Crippen molar-refractivity contribution >= 4 is 16.9 Å². The molecule has 1 aromatic carbocycles. The van der Waals surface area contributed by atoms with Crippen LogP contribution in [0.2, 0.25) is 0 Å². The molecular formula is C21H31N5O. The molecule has 6 heteroatoms. The number of likely N-dealkylation sites (N-methyl/N-ethyl adjacent to an activating group) is 1. The topological polar surface area (TPSA) is 55.5 Å². The number of hydrogen-bond donors (Lipinski definition) is 1. The number of benzene rings is 1. The first kappa shape index (κ1) is 18.4. The third-order valence-corrected chi connectivity index (χ3v) is 6.24. The number of piperazine rings is 1. The molecule has 4 rings (SSSR count). The van der Waals surface area contributed by atoms with E-state index in [9.17, 15) is 4.79 Å². The zero-order valence-electron chi connectivity index (χ0n) is 16.6. The van der Waals surface area contributed by atoms with Crippen LogP contribution in [0.15, 0.2) is 18.2 Å². The minimum atomic E-state index is 0.291. The zero-order chi connectivity index (χ0) is 18.8. The number of hydrogen-bond acceptors (Lipinski definition) is 4. The summed E-state index contributed by atoms with van der Waals surface area (Å²) in [6.45, 7) is 11.9. The molecule has 0 saturated carbocycles. The van der Waals surface area contributed by atoms with E-state index < -0.39 is 0 Å². The van der Waals surface area contributed by atoms with Crippen LogP contribution in [-0.2, 0) is 4.79 Å². The van der Waals surface area contributed by atoms with Crippen molar-refractivity contribution in [2.24, 2.45) is 0 Å². The van der Waals surface area contributed by atoms with E-state index in [4.69, 9.17) is 4.98 Å². The largest absolute Gasteiger partial charge is 0.342 e. The standard InChI is InChI=1S/C21H31N5O/c1-3-24-11-13-25(14-12-24)15-19(27)26-9-7-17(8-10-26)21-22-18-6-4-5-16(2)20(18)23-21/h4-6,17H,3,7-15H2,1-2H3,(H,22,23). The zero-order valence-corrected chi connectivity index (χ0v) is 16.6. The number of carbonyl (C=O) groups excluding carboxylic acids is 1. The van der Waals surface area contributed by atoms with Gasteiger partial charge in [-0.15, -0.1) is 0 Å². The maximum Gasteiger partial charge on any atom is 0.236 e. The van der Waals surface area contributed by atoms with E-state index in [0.29, 0.717) is 18.4 Å². The third kappa shape index (κ3) is 4.01. The van der Waals surface area contributed by atoms with Crippen LogP contribution in [0.4, 0.5) is 0 Å². The number of nitrogens with zero attached hydrogens (tertiary/aromatic N) is 4. The SMILES string of the molecule is CCN1CCN(CC(=O)N2CCC(c3nc4c(C)cccc4[nH]3)CC2)CC1. The first-order valence-corrected chi connectivity index (χ1v) is 10.3. The first-order chi connectivity index (χ1) is 13.1. The predicted molar refractivity (Wildman–Crippen MR) is 108 cm³/mol. The number of rotatable bonds is 4. The molecule has 0 atom stereocenters. The lowest BCUT2D eigenvalue weighted by molar-refractivity contribution is -0.133. The predicted octanol–water partition coefficient (Wildman–Crippen LogP) is 2.21. The number of carbonyl (C=O) groups is 1. The summed E-state index contributed by atoms with van der Waals surface area (Å²) in [7, 11) is 0. The monoisotopic (exact) mass is 369 g/mol. The van der Waals surface area contributed by atoms with Crippen LogP contribution in [0.1, 0.15) is 37.1 Å². The molecule has 0 radical (unpaired) electrons. The van der Waals surface area contributed by atoms with Gasteiger partial charge in [-0.25, -0.2) is 4.98 Å². The smallest absolute Gasteiger partial charge is 0.236 e. The van der Waals surface area contributed by atoms with E-state index in [1.54, 1.807) is 0 Å². The summed E-state index contributed by atoms with van der Waals surface area (Å²) in [6, 6.07) is 6.27. The van der Waals surface area contributed by atoms with Crippen molar-refractivity contribution in [2.45, 2.75) is 32.6 Å². The third-order valence-electron chi connectivity index (χ3n) is 6.24. The van der Waals surface area contributed by atoms with Crippen molar-refractivity contribution in [3.05, 3.63) is 29.6 Å². The number of aryl methyl sites for hydroxylation is 1. The lowest BCUT2D eigenvalue weighted by Gasteiger charge is -2.36. The van der Waals surface area contributed by atoms with Gasteiger partial charge >= 0.3 is 0 Å². The molecular weight excluding hydrogens is 338 g/mol. The second-order valence-corrected chi connectivity index (χ2v) is 7.96. The fourth-order valence-electron chi connectivity index (χ4n) is 4.35. The molecule has 1 N–H and O–H groups in total. The van der Waals surface area contributed by atoms with E-state index in [1.807, 2.05) is 0 Å². The van der Waals surface area contributed by atoms with Gasteiger partial charge in [0.1, 0.15) is 5.82 Å². The van der Waals surface area contributed by atoms with Crippen LogP contribution in [0.3, 0.4) is 0 Å². The maximum absolute atomic E-state index is 12.7. The number of aromatic amines is 1. The second kappa shape index (κ2) is 7.98. The summed E-state index contributed by atoms with van der Waals surface area (Å²) in [5.74, 6) is 1.80. The average molecular weight is 370 g/mol. The Morgan fingerprint density at radius 1 is 1.11 bits per heavy atom. The van der Waals surface area contributed by atoms with E-state index in [2.05, 4.69) is 51.7 Å². The maximum atomic E-state index is 12.7. The summed E-state index contributed by atoms with van der Waals surface area (Å²) in [5.41, 5.74) is 3.41. The minimum absolute atomic E-state index is 0.291. The van der Waals surface area contributed by atoms with Crippen molar-refractivity contribution in [1.82, 2.24) is 24.7 Å². The molecule has 0 spiro atoms. The molecule has 2 aliphatic rings. The van der Waals surface area contributed by atoms with Crippen molar-refractivity contribution in [1.29, 1.82) is 0 Å². The normalized spacial score (nSPS) is 20.4. The molecule has 1 amide bonds. The molecule has 6 nitrogen and oxygen atoms in total. The number of fused-ring (bicyclic) bond motifs is 1. The molecule has 2 saturated heterocycles. The number of H-pyrrole nitrogens is 1. The van der Waals surface area contributed by atoms with Crippen LogP contribution in [0.25, 0.3) is 11.0 Å². The van der Waals surface area contributed by atoms with E-state index in [-0.39, 0.29) is 0 Å². The Morgan fingerprint density at radius 2 is 1.81 bits per heavy atom. The van der Waals surface area contributed by atoms with Crippen LogP contribution in [0, 0.1) is 6.92 Å². The molecule has 146 valence electrons. The first-order valence-electron chi connectivity index (χ1n) is 10.3. The average Bonchev–Trinajstić information content (AvgIpc) is 3.14. The van der Waals surface area contributed by atoms with Gasteiger partial charge in [0.05, 0.1) is 17.6 Å². The Bertz CT molecular complexity index is 785. The molecule has 3 heterocycles. The van der Waals surface area contributed by atoms with E-state index in [0.717, 1.165) is 75.5 Å². The molecule has 0 unspecified atom stereocenters. The van der Waals surface area contributed by atoms with Crippen molar-refractivity contribution in [3.8, 4) is 0 Å². The van der Waals surface area contributed by atoms with Gasteiger partial charge in [0.2, 0.25) is 5.91 Å². The van der Waals surface area contributed by atoms with Gasteiger partial charge in [-0.3, -0.25) is 9.69 Å². The highest BCUT2D eigenvalue weighted by atomic mass is 16.2. The van der Waals surface area contributed by atoms with Crippen LogP contribution >= 0.6 is 0 Å². The Morgan fingerprint density at radius 3 is 2.48 bits per heavy atom. The second-order valence-electron chi connectivity index (χ2n) is 7.96. The Balaban J connectivity index is 1.30. The number of imidazole rings is 1. The summed E-state index contributed by atoms with van der Waals surface area (Å²) in [6.07, 6.45) is 1.99. The van der Waals surface area contributed by atoms with Crippen LogP contribution in [0.5, 0.6) is 0 Å². The number of likely N-dealkylation sites (tertiary alicyclic amines) is 1. The minimum Gasteiger partial charge on any atom is -0.342 e. The van der Waals surface area contributed by atoms with Gasteiger partial charge in [-0.1, -0.05) is 19.1 Å². The Labute approximate surface area is 161 Å². The molecule has 2 aliphatic heterocycles. The summed E-state index contributed by atoms with van der Waals surface area (Å²) < 4.78 is 0. The Hall–Kier alpha value is -1.92. The summed E-state index contributed by atoms with van der Waals surface area (Å²) in [4.78, 5) is 27.8. The summed E-state index contributed by atoms with van der Waals surface area (Å²) in [5, 5.41) is 0. The number of para-hydroxylation sites is 1. The molecule has 1 aromatic heterocycles. The number of piperidine rings is 1. The lowest BCUT2D eigenvalue weighted by Crippen LogP contribution is -2.50. The number of amides is 1. The van der Waals surface area contributed by atoms with Crippen LogP contribution < -0.4 is 0 Å². The van der Waals surface area contributed by atoms with Gasteiger partial charge in [0.15, 0.2) is 0 Å². The van der Waals surface area contributed by atoms with E-state index in [1.165, 1.54) is 5.56 Å². The van der Waals surface area contributed by atoms with E-state index >= 15 is 0 Å². The number of aromatic nitrogens is 2. The molecule has 2 aromatic rings. The van der Waals surface area contributed by atoms with Crippen molar-refractivity contribution in [3.63, 3.8) is 0 Å². The summed E-state index contributed by atoms with van der Waals surface area (Å²) >= 11 is 0. The highest BCUT2D eigenvalue weighted by molar-refractivity contribution is 5.79. The molecule has 0 bridgehead atoms. The number of nitrogens with one attached hydrogen (secondary N) is 1. The fraction of sp³-hybridized carbons (Fsp3) is 0.619. The van der Waals surface area contributed by atoms with Crippen LogP contribution in [-0.4, -0.2) is 82.9 Å². The molecule has 2 fully saturated rings. The van der Waals surface area contributed by atoms with Gasteiger partial charge in [-0.2, -0.15) is 0 Å². The highest BCUT2D eigenvalue weighted by Gasteiger charge is 2.27. The van der Waals surface area contributed by atoms with Gasteiger partial charge in [0.25, 0.3) is 0 Å². The van der Waals surface area contributed by atoms with Crippen molar-refractivity contribution in [2.75, 3.05) is 52.4 Å². The Kier molecular flexibility index (Phi) is 5.45. The molecule has 0 aliphatic carbocycles.